The Balaban J connectivity index is 2.19. The van der Waals surface area contributed by atoms with E-state index in [2.05, 4.69) is 4.99 Å². The van der Waals surface area contributed by atoms with Crippen molar-refractivity contribution < 1.29 is 17.2 Å². The van der Waals surface area contributed by atoms with Crippen LogP contribution in [0.1, 0.15) is 19.8 Å². The molecule has 0 saturated carbocycles. The monoisotopic (exact) mass is 252 g/mol. The highest BCUT2D eigenvalue weighted by molar-refractivity contribution is 7.90. The average molecular weight is 252 g/mol. The molecule has 92 valence electrons. The predicted molar refractivity (Wildman–Crippen MR) is 56.4 cm³/mol. The van der Waals surface area contributed by atoms with Crippen LogP contribution in [0.25, 0.3) is 0 Å². The van der Waals surface area contributed by atoms with E-state index in [9.17, 15) is 17.2 Å². The molecule has 0 aromatic heterocycles. The van der Waals surface area contributed by atoms with Crippen LogP contribution in [-0.2, 0) is 10.0 Å². The molecule has 0 aromatic carbocycles. The van der Waals surface area contributed by atoms with E-state index < -0.39 is 33.7 Å². The highest BCUT2D eigenvalue weighted by Crippen LogP contribution is 2.31. The maximum atomic E-state index is 13.1. The van der Waals surface area contributed by atoms with Gasteiger partial charge < -0.3 is 0 Å². The van der Waals surface area contributed by atoms with Crippen molar-refractivity contribution >= 4 is 16.2 Å². The standard InChI is InChI=1S/C9H14F2N2O2S/c1-7-2-3-13(16(7,14)15)8-4-9(10,11)6-12-5-8/h6-8H,2-5H2,1H3/t7-,8-/m1/s1. The Hall–Kier alpha value is -0.560. The number of nitrogens with zero attached hydrogens (tertiary/aromatic N) is 2. The fourth-order valence-corrected chi connectivity index (χ4v) is 3.92. The number of hydrogen-bond acceptors (Lipinski definition) is 3. The Morgan fingerprint density at radius 3 is 2.69 bits per heavy atom. The van der Waals surface area contributed by atoms with Crippen LogP contribution >= 0.6 is 0 Å². The number of sulfonamides is 1. The Bertz CT molecular complexity index is 408. The van der Waals surface area contributed by atoms with Crippen LogP contribution in [0.3, 0.4) is 0 Å². The maximum absolute atomic E-state index is 13.1. The fourth-order valence-electron chi connectivity index (χ4n) is 2.14. The summed E-state index contributed by atoms with van der Waals surface area (Å²) in [6.07, 6.45) is 0.673. The summed E-state index contributed by atoms with van der Waals surface area (Å²) in [5.74, 6) is -2.98. The zero-order valence-electron chi connectivity index (χ0n) is 8.94. The van der Waals surface area contributed by atoms with Crippen LogP contribution in [-0.4, -0.2) is 49.2 Å². The van der Waals surface area contributed by atoms with Gasteiger partial charge in [-0.2, -0.15) is 4.31 Å². The Morgan fingerprint density at radius 1 is 1.50 bits per heavy atom. The molecule has 0 unspecified atom stereocenters. The van der Waals surface area contributed by atoms with E-state index in [4.69, 9.17) is 0 Å². The molecule has 0 spiro atoms. The van der Waals surface area contributed by atoms with Gasteiger partial charge in [0.25, 0.3) is 5.92 Å². The second-order valence-electron chi connectivity index (χ2n) is 4.37. The van der Waals surface area contributed by atoms with Crippen molar-refractivity contribution in [2.45, 2.75) is 37.0 Å². The summed E-state index contributed by atoms with van der Waals surface area (Å²) in [6.45, 7) is 2.08. The summed E-state index contributed by atoms with van der Waals surface area (Å²) < 4.78 is 51.0. The first kappa shape index (κ1) is 11.9. The number of halogens is 2. The van der Waals surface area contributed by atoms with Crippen LogP contribution in [0.2, 0.25) is 0 Å². The third-order valence-electron chi connectivity index (χ3n) is 3.10. The highest BCUT2D eigenvalue weighted by atomic mass is 32.2. The van der Waals surface area contributed by atoms with E-state index in [1.165, 1.54) is 4.31 Å². The largest absolute Gasteiger partial charge is 0.290 e. The first-order valence-corrected chi connectivity index (χ1v) is 6.73. The Morgan fingerprint density at radius 2 is 2.19 bits per heavy atom. The van der Waals surface area contributed by atoms with Crippen molar-refractivity contribution in [2.24, 2.45) is 4.99 Å². The molecule has 0 N–H and O–H groups in total. The molecule has 2 aliphatic heterocycles. The average Bonchev–Trinajstić information content (AvgIpc) is 2.40. The van der Waals surface area contributed by atoms with E-state index in [0.717, 1.165) is 0 Å². The summed E-state index contributed by atoms with van der Waals surface area (Å²) in [4.78, 5) is 3.57. The van der Waals surface area contributed by atoms with Gasteiger partial charge in [0, 0.05) is 13.0 Å². The van der Waals surface area contributed by atoms with Crippen LogP contribution in [0.5, 0.6) is 0 Å². The van der Waals surface area contributed by atoms with Crippen LogP contribution in [0, 0.1) is 0 Å². The molecule has 2 aliphatic rings. The van der Waals surface area contributed by atoms with E-state index >= 15 is 0 Å². The molecular formula is C9H14F2N2O2S. The number of alkyl halides is 2. The van der Waals surface area contributed by atoms with Gasteiger partial charge in [-0.25, -0.2) is 17.2 Å². The lowest BCUT2D eigenvalue weighted by Gasteiger charge is -2.30. The predicted octanol–water partition coefficient (Wildman–Crippen LogP) is 0.889. The second-order valence-corrected chi connectivity index (χ2v) is 6.67. The molecule has 16 heavy (non-hydrogen) atoms. The van der Waals surface area contributed by atoms with Crippen molar-refractivity contribution in [3.63, 3.8) is 0 Å². The molecule has 7 heteroatoms. The van der Waals surface area contributed by atoms with Gasteiger partial charge in [0.05, 0.1) is 24.1 Å². The van der Waals surface area contributed by atoms with Crippen molar-refractivity contribution in [1.29, 1.82) is 0 Å². The zero-order valence-corrected chi connectivity index (χ0v) is 9.75. The van der Waals surface area contributed by atoms with Gasteiger partial charge in [-0.15, -0.1) is 0 Å². The van der Waals surface area contributed by atoms with E-state index in [1.54, 1.807) is 6.92 Å². The van der Waals surface area contributed by atoms with Gasteiger partial charge >= 0.3 is 0 Å². The van der Waals surface area contributed by atoms with Crippen molar-refractivity contribution in [3.05, 3.63) is 0 Å². The maximum Gasteiger partial charge on any atom is 0.284 e. The SMILES string of the molecule is C[C@@H]1CCN([C@H]2CN=CC(F)(F)C2)S1(=O)=O. The molecule has 1 saturated heterocycles. The molecule has 2 rings (SSSR count). The second kappa shape index (κ2) is 3.73. The molecule has 0 aromatic rings. The lowest BCUT2D eigenvalue weighted by molar-refractivity contribution is 0.0457. The van der Waals surface area contributed by atoms with Crippen LogP contribution < -0.4 is 0 Å². The lowest BCUT2D eigenvalue weighted by Crippen LogP contribution is -2.45. The zero-order chi connectivity index (χ0) is 12.0. The first-order chi connectivity index (χ1) is 7.33. The molecule has 1 fully saturated rings. The molecular weight excluding hydrogens is 238 g/mol. The molecule has 0 amide bonds. The fraction of sp³-hybridized carbons (Fsp3) is 0.889. The molecule has 4 nitrogen and oxygen atoms in total. The minimum atomic E-state index is -3.39. The Labute approximate surface area is 93.4 Å². The quantitative estimate of drug-likeness (QED) is 0.696. The molecule has 0 radical (unpaired) electrons. The van der Waals surface area contributed by atoms with Gasteiger partial charge in [-0.1, -0.05) is 0 Å². The Kier molecular flexibility index (Phi) is 2.78. The lowest BCUT2D eigenvalue weighted by atomic mass is 10.1. The van der Waals surface area contributed by atoms with Gasteiger partial charge in [0.2, 0.25) is 10.0 Å². The van der Waals surface area contributed by atoms with Crippen LogP contribution in [0.15, 0.2) is 4.99 Å². The van der Waals surface area contributed by atoms with Crippen molar-refractivity contribution in [1.82, 2.24) is 4.31 Å². The summed E-state index contributed by atoms with van der Waals surface area (Å²) in [6, 6.07) is -0.685. The van der Waals surface area contributed by atoms with Gasteiger partial charge in [0.15, 0.2) is 0 Å². The summed E-state index contributed by atoms with van der Waals surface area (Å²) in [5.41, 5.74) is 0. The number of hydrogen-bond donors (Lipinski definition) is 0. The minimum Gasteiger partial charge on any atom is -0.290 e. The van der Waals surface area contributed by atoms with Crippen molar-refractivity contribution in [3.8, 4) is 0 Å². The third-order valence-corrected chi connectivity index (χ3v) is 5.49. The highest BCUT2D eigenvalue weighted by Gasteiger charge is 2.44. The normalized spacial score (nSPS) is 37.7. The molecule has 2 heterocycles. The van der Waals surface area contributed by atoms with Gasteiger partial charge in [-0.05, 0) is 13.3 Å². The van der Waals surface area contributed by atoms with Gasteiger partial charge in [-0.3, -0.25) is 4.99 Å². The first-order valence-electron chi connectivity index (χ1n) is 5.22. The van der Waals surface area contributed by atoms with E-state index in [1.807, 2.05) is 0 Å². The van der Waals surface area contributed by atoms with Crippen LogP contribution in [0.4, 0.5) is 8.78 Å². The summed E-state index contributed by atoms with van der Waals surface area (Å²) in [5, 5.41) is -0.466. The topological polar surface area (TPSA) is 49.7 Å². The summed E-state index contributed by atoms with van der Waals surface area (Å²) in [7, 11) is -3.39. The minimum absolute atomic E-state index is 0.140. The summed E-state index contributed by atoms with van der Waals surface area (Å²) >= 11 is 0. The number of aliphatic imine (C=N–C) groups is 1. The van der Waals surface area contributed by atoms with Crippen molar-refractivity contribution in [2.75, 3.05) is 13.1 Å². The number of rotatable bonds is 1. The van der Waals surface area contributed by atoms with E-state index in [-0.39, 0.29) is 6.54 Å². The third kappa shape index (κ3) is 1.98. The molecule has 0 bridgehead atoms. The molecule has 0 aliphatic carbocycles. The van der Waals surface area contributed by atoms with Gasteiger partial charge in [0.1, 0.15) is 0 Å². The van der Waals surface area contributed by atoms with E-state index in [0.29, 0.717) is 19.2 Å². The smallest absolute Gasteiger partial charge is 0.284 e. The molecule has 2 atom stereocenters.